The summed E-state index contributed by atoms with van der Waals surface area (Å²) in [6.45, 7) is 1.06. The Balaban J connectivity index is 0.000000380. The van der Waals surface area contributed by atoms with Crippen LogP contribution >= 0.6 is 11.8 Å². The highest BCUT2D eigenvalue weighted by Crippen LogP contribution is 2.42. The maximum Gasteiger partial charge on any atom is 0.414 e. The van der Waals surface area contributed by atoms with Crippen molar-refractivity contribution in [2.75, 3.05) is 26.4 Å². The minimum atomic E-state index is -1.82. The van der Waals surface area contributed by atoms with Crippen LogP contribution < -0.4 is 4.74 Å². The Morgan fingerprint density at radius 3 is 2.19 bits per heavy atom. The van der Waals surface area contributed by atoms with Gasteiger partial charge in [-0.25, -0.2) is 9.59 Å². The van der Waals surface area contributed by atoms with Gasteiger partial charge in [0.05, 0.1) is 0 Å². The van der Waals surface area contributed by atoms with E-state index in [1.807, 2.05) is 36.0 Å². The van der Waals surface area contributed by atoms with Crippen LogP contribution in [0, 0.1) is 0 Å². The summed E-state index contributed by atoms with van der Waals surface area (Å²) in [5, 5.41) is 14.8. The Morgan fingerprint density at radius 2 is 1.56 bits per heavy atom. The van der Waals surface area contributed by atoms with Gasteiger partial charge in [0.15, 0.2) is 0 Å². The SMILES string of the molecule is CN(C)CCSC1=Cc2ccccc2Oc2ccccc21.O=C(O)C(=O)O. The highest BCUT2D eigenvalue weighted by atomic mass is 32.2. The van der Waals surface area contributed by atoms with Crippen LogP contribution in [-0.2, 0) is 9.59 Å². The average Bonchev–Trinajstić information content (AvgIpc) is 2.78. The highest BCUT2D eigenvalue weighted by Gasteiger charge is 2.16. The van der Waals surface area contributed by atoms with Crippen LogP contribution in [0.5, 0.6) is 11.5 Å². The van der Waals surface area contributed by atoms with Crippen molar-refractivity contribution in [3.05, 3.63) is 59.7 Å². The molecule has 0 unspecified atom stereocenters. The molecule has 142 valence electrons. The number of carbonyl (C=O) groups is 2. The number of carboxylic acid groups (broad SMARTS) is 2. The Bertz CT molecular complexity index is 836. The van der Waals surface area contributed by atoms with Crippen LogP contribution in [-0.4, -0.2) is 53.4 Å². The van der Waals surface area contributed by atoms with Crippen molar-refractivity contribution in [2.45, 2.75) is 0 Å². The number of thioether (sulfide) groups is 1. The van der Waals surface area contributed by atoms with Crippen LogP contribution in [0.25, 0.3) is 11.0 Å². The van der Waals surface area contributed by atoms with Crippen molar-refractivity contribution in [1.82, 2.24) is 4.90 Å². The van der Waals surface area contributed by atoms with E-state index in [9.17, 15) is 0 Å². The van der Waals surface area contributed by atoms with E-state index in [2.05, 4.69) is 49.3 Å². The molecule has 0 fully saturated rings. The Labute approximate surface area is 162 Å². The molecule has 0 atom stereocenters. The van der Waals surface area contributed by atoms with Crippen LogP contribution in [0.1, 0.15) is 11.1 Å². The first-order valence-corrected chi connectivity index (χ1v) is 9.18. The monoisotopic (exact) mass is 387 g/mol. The molecule has 3 rings (SSSR count). The van der Waals surface area contributed by atoms with Gasteiger partial charge in [0.2, 0.25) is 0 Å². The molecule has 0 aliphatic carbocycles. The standard InChI is InChI=1S/C18H19NOS.C2H2O4/c1-19(2)11-12-21-18-13-14-7-3-5-9-16(14)20-17-10-6-4-8-15(17)18;3-1(4)2(5)6/h3-10,13H,11-12H2,1-2H3;(H,3,4)(H,5,6). The van der Waals surface area contributed by atoms with Crippen molar-refractivity contribution >= 4 is 34.7 Å². The van der Waals surface area contributed by atoms with Gasteiger partial charge >= 0.3 is 11.9 Å². The summed E-state index contributed by atoms with van der Waals surface area (Å²) in [7, 11) is 4.21. The lowest BCUT2D eigenvalue weighted by Crippen LogP contribution is -2.14. The molecule has 6 nitrogen and oxygen atoms in total. The molecule has 0 aromatic heterocycles. The van der Waals surface area contributed by atoms with Crippen molar-refractivity contribution < 1.29 is 24.5 Å². The average molecular weight is 387 g/mol. The molecule has 0 saturated carbocycles. The van der Waals surface area contributed by atoms with Crippen molar-refractivity contribution in [3.63, 3.8) is 0 Å². The zero-order chi connectivity index (χ0) is 19.8. The Morgan fingerprint density at radius 1 is 0.963 bits per heavy atom. The summed E-state index contributed by atoms with van der Waals surface area (Å²) in [6, 6.07) is 16.5. The third-order valence-electron chi connectivity index (χ3n) is 3.56. The van der Waals surface area contributed by atoms with E-state index >= 15 is 0 Å². The van der Waals surface area contributed by atoms with Gasteiger partial charge < -0.3 is 19.8 Å². The van der Waals surface area contributed by atoms with Crippen LogP contribution in [0.2, 0.25) is 0 Å². The van der Waals surface area contributed by atoms with Crippen molar-refractivity contribution in [2.24, 2.45) is 0 Å². The Hall–Kier alpha value is -2.77. The minimum Gasteiger partial charge on any atom is -0.473 e. The summed E-state index contributed by atoms with van der Waals surface area (Å²) < 4.78 is 6.08. The molecule has 1 aliphatic heterocycles. The fraction of sp³-hybridized carbons (Fsp3) is 0.200. The maximum absolute atomic E-state index is 9.10. The molecule has 1 aliphatic rings. The third kappa shape index (κ3) is 6.16. The topological polar surface area (TPSA) is 87.1 Å². The van der Waals surface area contributed by atoms with Gasteiger partial charge in [0.1, 0.15) is 11.5 Å². The van der Waals surface area contributed by atoms with Crippen molar-refractivity contribution in [3.8, 4) is 11.5 Å². The number of hydrogen-bond donors (Lipinski definition) is 2. The molecule has 0 saturated heterocycles. The summed E-state index contributed by atoms with van der Waals surface area (Å²) in [6.07, 6.45) is 2.24. The van der Waals surface area contributed by atoms with E-state index in [4.69, 9.17) is 24.5 Å². The highest BCUT2D eigenvalue weighted by molar-refractivity contribution is 8.08. The second-order valence-corrected chi connectivity index (χ2v) is 7.04. The van der Waals surface area contributed by atoms with Gasteiger partial charge in [-0.15, -0.1) is 11.8 Å². The fourth-order valence-corrected chi connectivity index (χ4v) is 3.46. The fourth-order valence-electron chi connectivity index (χ4n) is 2.25. The molecule has 0 spiro atoms. The van der Waals surface area contributed by atoms with Gasteiger partial charge in [-0.05, 0) is 32.3 Å². The second kappa shape index (κ2) is 9.80. The number of benzene rings is 2. The maximum atomic E-state index is 9.10. The molecule has 27 heavy (non-hydrogen) atoms. The second-order valence-electron chi connectivity index (χ2n) is 5.91. The van der Waals surface area contributed by atoms with Gasteiger partial charge in [0, 0.05) is 28.3 Å². The molecule has 2 aromatic rings. The molecular formula is C20H21NO5S. The van der Waals surface area contributed by atoms with Crippen LogP contribution in [0.3, 0.4) is 0 Å². The Kier molecular flexibility index (Phi) is 7.45. The number of para-hydroxylation sites is 2. The number of hydrogen-bond acceptors (Lipinski definition) is 5. The van der Waals surface area contributed by atoms with Gasteiger partial charge in [0.25, 0.3) is 0 Å². The van der Waals surface area contributed by atoms with Crippen LogP contribution in [0.15, 0.2) is 48.5 Å². The molecule has 0 bridgehead atoms. The number of carboxylic acids is 2. The van der Waals surface area contributed by atoms with E-state index in [1.54, 1.807) is 0 Å². The first kappa shape index (κ1) is 20.5. The van der Waals surface area contributed by atoms with Gasteiger partial charge in [-0.3, -0.25) is 0 Å². The summed E-state index contributed by atoms with van der Waals surface area (Å²) >= 11 is 1.88. The number of ether oxygens (including phenoxy) is 1. The lowest BCUT2D eigenvalue weighted by molar-refractivity contribution is -0.159. The smallest absolute Gasteiger partial charge is 0.414 e. The van der Waals surface area contributed by atoms with Gasteiger partial charge in [-0.2, -0.15) is 0 Å². The predicted octanol–water partition coefficient (Wildman–Crippen LogP) is 3.74. The van der Waals surface area contributed by atoms with E-state index in [0.29, 0.717) is 0 Å². The molecule has 0 amide bonds. The summed E-state index contributed by atoms with van der Waals surface area (Å²) in [5.41, 5.74) is 2.32. The predicted molar refractivity (Wildman–Crippen MR) is 107 cm³/mol. The normalized spacial score (nSPS) is 11.7. The number of aliphatic carboxylic acids is 2. The summed E-state index contributed by atoms with van der Waals surface area (Å²) in [4.78, 5) is 21.7. The number of rotatable bonds is 4. The molecule has 7 heteroatoms. The van der Waals surface area contributed by atoms with E-state index in [-0.39, 0.29) is 0 Å². The zero-order valence-electron chi connectivity index (χ0n) is 15.1. The van der Waals surface area contributed by atoms with Crippen molar-refractivity contribution in [1.29, 1.82) is 0 Å². The zero-order valence-corrected chi connectivity index (χ0v) is 15.9. The summed E-state index contributed by atoms with van der Waals surface area (Å²) in [5.74, 6) is -0.723. The molecule has 1 heterocycles. The van der Waals surface area contributed by atoms with E-state index in [1.165, 1.54) is 10.5 Å². The molecule has 2 aromatic carbocycles. The third-order valence-corrected chi connectivity index (χ3v) is 4.59. The van der Waals surface area contributed by atoms with E-state index in [0.717, 1.165) is 29.4 Å². The quantitative estimate of drug-likeness (QED) is 0.773. The largest absolute Gasteiger partial charge is 0.473 e. The number of fused-ring (bicyclic) bond motifs is 2. The van der Waals surface area contributed by atoms with Crippen LogP contribution in [0.4, 0.5) is 0 Å². The molecule has 0 radical (unpaired) electrons. The minimum absolute atomic E-state index is 0.924. The number of nitrogens with zero attached hydrogens (tertiary/aromatic N) is 1. The first-order valence-electron chi connectivity index (χ1n) is 8.20. The lowest BCUT2D eigenvalue weighted by Gasteiger charge is -2.12. The first-order chi connectivity index (χ1) is 12.9. The van der Waals surface area contributed by atoms with E-state index < -0.39 is 11.9 Å². The lowest BCUT2D eigenvalue weighted by atomic mass is 10.1. The van der Waals surface area contributed by atoms with Gasteiger partial charge in [-0.1, -0.05) is 36.4 Å². The molecular weight excluding hydrogens is 366 g/mol. The molecule has 2 N–H and O–H groups in total.